The van der Waals surface area contributed by atoms with E-state index in [9.17, 15) is 19.2 Å². The van der Waals surface area contributed by atoms with Gasteiger partial charge in [0.1, 0.15) is 6.04 Å². The van der Waals surface area contributed by atoms with Crippen molar-refractivity contribution in [2.24, 2.45) is 0 Å². The molecule has 8 nitrogen and oxygen atoms in total. The molecule has 2 aromatic carbocycles. The van der Waals surface area contributed by atoms with Crippen LogP contribution in [-0.2, 0) is 16.1 Å². The first-order valence-corrected chi connectivity index (χ1v) is 11.6. The number of imide groups is 1. The first kappa shape index (κ1) is 22.3. The number of benzene rings is 2. The van der Waals surface area contributed by atoms with E-state index in [-0.39, 0.29) is 36.2 Å². The van der Waals surface area contributed by atoms with Crippen molar-refractivity contribution in [1.29, 1.82) is 0 Å². The molecule has 176 valence electrons. The number of nitrogens with zero attached hydrogens (tertiary/aromatic N) is 3. The predicted octanol–water partition coefficient (Wildman–Crippen LogP) is 2.27. The van der Waals surface area contributed by atoms with E-state index in [1.54, 1.807) is 23.1 Å². The third-order valence-corrected chi connectivity index (χ3v) is 7.11. The van der Waals surface area contributed by atoms with Crippen LogP contribution < -0.4 is 5.32 Å². The molecule has 1 fully saturated rings. The maximum Gasteiger partial charge on any atom is 0.255 e. The second-order valence-corrected chi connectivity index (χ2v) is 9.57. The van der Waals surface area contributed by atoms with Crippen molar-refractivity contribution in [3.8, 4) is 0 Å². The monoisotopic (exact) mass is 460 g/mol. The summed E-state index contributed by atoms with van der Waals surface area (Å²) in [6, 6.07) is 12.2. The van der Waals surface area contributed by atoms with Crippen LogP contribution in [-0.4, -0.2) is 65.0 Å². The van der Waals surface area contributed by atoms with Crippen LogP contribution in [0.5, 0.6) is 0 Å². The summed E-state index contributed by atoms with van der Waals surface area (Å²) in [5.41, 5.74) is 4.08. The number of fused-ring (bicyclic) bond motifs is 2. The Bertz CT molecular complexity index is 1210. The van der Waals surface area contributed by atoms with Gasteiger partial charge in [0, 0.05) is 30.6 Å². The number of carbonyl (C=O) groups is 4. The number of likely N-dealkylation sites (N-methyl/N-ethyl adjacent to an activating group) is 1. The van der Waals surface area contributed by atoms with Gasteiger partial charge >= 0.3 is 0 Å². The number of carbonyl (C=O) groups excluding carboxylic acids is 4. The fraction of sp³-hybridized carbons (Fsp3) is 0.385. The SMILES string of the molecule is C[C@@H]1c2cc(C(=O)N3Cc4ccccc4[C@@H]3CN(C)C)ccc2C(=O)N1[C@H]1CCC(=O)NC1=O. The molecular weight excluding hydrogens is 432 g/mol. The highest BCUT2D eigenvalue weighted by Crippen LogP contribution is 2.39. The van der Waals surface area contributed by atoms with Gasteiger partial charge in [-0.3, -0.25) is 24.5 Å². The van der Waals surface area contributed by atoms with Gasteiger partial charge in [-0.15, -0.1) is 0 Å². The lowest BCUT2D eigenvalue weighted by Gasteiger charge is -2.33. The molecule has 1 N–H and O–H groups in total. The lowest BCUT2D eigenvalue weighted by molar-refractivity contribution is -0.137. The molecule has 34 heavy (non-hydrogen) atoms. The number of piperidine rings is 1. The number of rotatable bonds is 4. The summed E-state index contributed by atoms with van der Waals surface area (Å²) in [4.78, 5) is 56.3. The van der Waals surface area contributed by atoms with E-state index in [1.807, 2.05) is 38.1 Å². The predicted molar refractivity (Wildman–Crippen MR) is 125 cm³/mol. The maximum absolute atomic E-state index is 13.7. The van der Waals surface area contributed by atoms with Crippen molar-refractivity contribution in [3.63, 3.8) is 0 Å². The van der Waals surface area contributed by atoms with Crippen LogP contribution in [0, 0.1) is 0 Å². The first-order chi connectivity index (χ1) is 16.3. The zero-order valence-corrected chi connectivity index (χ0v) is 19.6. The smallest absolute Gasteiger partial charge is 0.255 e. The number of hydrogen-bond donors (Lipinski definition) is 1. The van der Waals surface area contributed by atoms with E-state index >= 15 is 0 Å². The zero-order valence-electron chi connectivity index (χ0n) is 19.6. The van der Waals surface area contributed by atoms with Crippen LogP contribution in [0.1, 0.15) is 69.3 Å². The van der Waals surface area contributed by atoms with Crippen molar-refractivity contribution in [2.75, 3.05) is 20.6 Å². The third-order valence-electron chi connectivity index (χ3n) is 7.11. The minimum atomic E-state index is -0.690. The molecule has 4 amide bonds. The summed E-state index contributed by atoms with van der Waals surface area (Å²) in [5, 5.41) is 2.33. The van der Waals surface area contributed by atoms with E-state index in [0.29, 0.717) is 30.6 Å². The second-order valence-electron chi connectivity index (χ2n) is 9.57. The molecule has 0 radical (unpaired) electrons. The van der Waals surface area contributed by atoms with Gasteiger partial charge in [0.2, 0.25) is 11.8 Å². The van der Waals surface area contributed by atoms with Gasteiger partial charge in [-0.2, -0.15) is 0 Å². The molecule has 0 aliphatic carbocycles. The molecule has 0 saturated carbocycles. The van der Waals surface area contributed by atoms with Crippen LogP contribution in [0.3, 0.4) is 0 Å². The van der Waals surface area contributed by atoms with Crippen LogP contribution in [0.25, 0.3) is 0 Å². The molecule has 3 atom stereocenters. The molecular formula is C26H28N4O4. The molecule has 0 aromatic heterocycles. The molecule has 3 aliphatic heterocycles. The van der Waals surface area contributed by atoms with Crippen LogP contribution in [0.2, 0.25) is 0 Å². The molecule has 0 bridgehead atoms. The Morgan fingerprint density at radius 1 is 1.09 bits per heavy atom. The Balaban J connectivity index is 1.43. The summed E-state index contributed by atoms with van der Waals surface area (Å²) >= 11 is 0. The second kappa shape index (κ2) is 8.36. The molecule has 0 unspecified atom stereocenters. The van der Waals surface area contributed by atoms with Crippen molar-refractivity contribution >= 4 is 23.6 Å². The maximum atomic E-state index is 13.7. The molecule has 2 aromatic rings. The highest BCUT2D eigenvalue weighted by molar-refractivity contribution is 6.06. The summed E-state index contributed by atoms with van der Waals surface area (Å²) in [5.74, 6) is -1.08. The molecule has 0 spiro atoms. The molecule has 1 saturated heterocycles. The number of nitrogens with one attached hydrogen (secondary N) is 1. The summed E-state index contributed by atoms with van der Waals surface area (Å²) < 4.78 is 0. The Labute approximate surface area is 198 Å². The van der Waals surface area contributed by atoms with E-state index < -0.39 is 11.9 Å². The fourth-order valence-electron chi connectivity index (χ4n) is 5.45. The van der Waals surface area contributed by atoms with E-state index in [1.165, 1.54) is 5.56 Å². The van der Waals surface area contributed by atoms with E-state index in [2.05, 4.69) is 22.3 Å². The van der Waals surface area contributed by atoms with Gasteiger partial charge in [-0.1, -0.05) is 24.3 Å². The van der Waals surface area contributed by atoms with E-state index in [0.717, 1.165) is 11.1 Å². The molecule has 8 heteroatoms. The average Bonchev–Trinajstić information content (AvgIpc) is 3.28. The number of amides is 4. The Morgan fingerprint density at radius 3 is 2.59 bits per heavy atom. The lowest BCUT2D eigenvalue weighted by Crippen LogP contribution is -2.53. The van der Waals surface area contributed by atoms with Crippen LogP contribution in [0.4, 0.5) is 0 Å². The van der Waals surface area contributed by atoms with Crippen LogP contribution in [0.15, 0.2) is 42.5 Å². The van der Waals surface area contributed by atoms with Gasteiger partial charge < -0.3 is 14.7 Å². The van der Waals surface area contributed by atoms with Crippen molar-refractivity contribution < 1.29 is 19.2 Å². The van der Waals surface area contributed by atoms with Crippen molar-refractivity contribution in [1.82, 2.24) is 20.0 Å². The van der Waals surface area contributed by atoms with Gasteiger partial charge in [-0.05, 0) is 62.3 Å². The fourth-order valence-corrected chi connectivity index (χ4v) is 5.45. The first-order valence-electron chi connectivity index (χ1n) is 11.6. The van der Waals surface area contributed by atoms with Crippen molar-refractivity contribution in [2.45, 2.75) is 44.4 Å². The van der Waals surface area contributed by atoms with Gasteiger partial charge in [0.05, 0.1) is 12.1 Å². The summed E-state index contributed by atoms with van der Waals surface area (Å²) in [6.07, 6.45) is 0.508. The highest BCUT2D eigenvalue weighted by Gasteiger charge is 2.43. The molecule has 5 rings (SSSR count). The van der Waals surface area contributed by atoms with Gasteiger partial charge in [0.25, 0.3) is 11.8 Å². The largest absolute Gasteiger partial charge is 0.326 e. The van der Waals surface area contributed by atoms with Crippen LogP contribution >= 0.6 is 0 Å². The Kier molecular flexibility index (Phi) is 5.48. The molecule has 3 heterocycles. The quantitative estimate of drug-likeness (QED) is 0.707. The van der Waals surface area contributed by atoms with Crippen molar-refractivity contribution in [3.05, 3.63) is 70.3 Å². The third kappa shape index (κ3) is 3.58. The normalized spacial score (nSPS) is 23.9. The summed E-state index contributed by atoms with van der Waals surface area (Å²) in [6.45, 7) is 3.12. The highest BCUT2D eigenvalue weighted by atomic mass is 16.2. The summed E-state index contributed by atoms with van der Waals surface area (Å²) in [7, 11) is 3.99. The minimum absolute atomic E-state index is 0.0500. The van der Waals surface area contributed by atoms with E-state index in [4.69, 9.17) is 0 Å². The minimum Gasteiger partial charge on any atom is -0.326 e. The molecule has 3 aliphatic rings. The Morgan fingerprint density at radius 2 is 1.85 bits per heavy atom. The lowest BCUT2D eigenvalue weighted by atomic mass is 10.00. The average molecular weight is 461 g/mol. The topological polar surface area (TPSA) is 90.0 Å². The standard InChI is InChI=1S/C26H28N4O4/c1-15-20-12-16(8-9-19(20)26(34)30(15)21-10-11-23(31)27-24(21)32)25(33)29-13-17-6-4-5-7-18(17)22(29)14-28(2)3/h4-9,12,15,21-22H,10-11,13-14H2,1-3H3,(H,27,31,32)/t15-,21+,22+/m1/s1. The number of hydrogen-bond acceptors (Lipinski definition) is 5. The Hall–Kier alpha value is -3.52. The zero-order chi connectivity index (χ0) is 24.1. The van der Waals surface area contributed by atoms with Gasteiger partial charge in [-0.25, -0.2) is 0 Å². The van der Waals surface area contributed by atoms with Gasteiger partial charge in [0.15, 0.2) is 0 Å².